The van der Waals surface area contributed by atoms with Gasteiger partial charge < -0.3 is 9.84 Å². The molecular formula is C23H38O2. The van der Waals surface area contributed by atoms with Crippen LogP contribution in [0.25, 0.3) is 0 Å². The molecule has 0 bridgehead atoms. The smallest absolute Gasteiger partial charge is 0.0882 e. The van der Waals surface area contributed by atoms with Crippen LogP contribution in [0, 0.1) is 40.9 Å². The molecule has 0 unspecified atom stereocenters. The number of aliphatic hydroxyl groups is 1. The lowest BCUT2D eigenvalue weighted by atomic mass is 9.49. The highest BCUT2D eigenvalue weighted by atomic mass is 16.5. The van der Waals surface area contributed by atoms with Gasteiger partial charge in [-0.3, -0.25) is 0 Å². The summed E-state index contributed by atoms with van der Waals surface area (Å²) >= 11 is 0. The molecule has 2 nitrogen and oxygen atoms in total. The summed E-state index contributed by atoms with van der Waals surface area (Å²) in [6.45, 7) is 9.71. The van der Waals surface area contributed by atoms with Gasteiger partial charge in [-0.2, -0.15) is 0 Å². The van der Waals surface area contributed by atoms with Crippen LogP contribution in [0.2, 0.25) is 0 Å². The average molecular weight is 347 g/mol. The Morgan fingerprint density at radius 3 is 2.52 bits per heavy atom. The summed E-state index contributed by atoms with van der Waals surface area (Å²) in [5, 5.41) is 10.9. The topological polar surface area (TPSA) is 29.5 Å². The molecule has 25 heavy (non-hydrogen) atoms. The molecule has 4 aliphatic carbocycles. The minimum absolute atomic E-state index is 0.519. The van der Waals surface area contributed by atoms with E-state index in [1.807, 2.05) is 0 Å². The maximum Gasteiger partial charge on any atom is 0.0882 e. The first kappa shape index (κ1) is 18.0. The minimum Gasteiger partial charge on any atom is -0.387 e. The summed E-state index contributed by atoms with van der Waals surface area (Å²) in [6, 6.07) is 0. The van der Waals surface area contributed by atoms with Gasteiger partial charge in [0, 0.05) is 7.11 Å². The van der Waals surface area contributed by atoms with Gasteiger partial charge in [-0.05, 0) is 106 Å². The van der Waals surface area contributed by atoms with E-state index in [1.165, 1.54) is 50.5 Å². The Kier molecular flexibility index (Phi) is 4.60. The number of rotatable bonds is 3. The molecule has 0 aliphatic heterocycles. The number of methoxy groups -OCH3 is 1. The van der Waals surface area contributed by atoms with Crippen molar-refractivity contribution >= 4 is 0 Å². The lowest BCUT2D eigenvalue weighted by molar-refractivity contribution is -0.123. The third-order valence-electron chi connectivity index (χ3n) is 9.11. The second-order valence-electron chi connectivity index (χ2n) is 10.4. The molecule has 4 aliphatic rings. The zero-order valence-corrected chi connectivity index (χ0v) is 16.6. The van der Waals surface area contributed by atoms with E-state index in [0.717, 1.165) is 48.3 Å². The van der Waals surface area contributed by atoms with E-state index in [4.69, 9.17) is 4.74 Å². The van der Waals surface area contributed by atoms with Crippen molar-refractivity contribution in [1.29, 1.82) is 0 Å². The predicted molar refractivity (Wildman–Crippen MR) is 102 cm³/mol. The molecule has 4 rings (SSSR count). The second-order valence-corrected chi connectivity index (χ2v) is 10.4. The summed E-state index contributed by atoms with van der Waals surface area (Å²) < 4.78 is 5.32. The van der Waals surface area contributed by atoms with Crippen LogP contribution in [0.4, 0.5) is 0 Å². The quantitative estimate of drug-likeness (QED) is 0.711. The number of hydrogen-bond acceptors (Lipinski definition) is 2. The standard InChI is InChI=1S/C23H38O2/c1-15(2)20-7-8-21-19-6-5-16-13-23(24,14-25-4)12-10-17(16)18(19)9-11-22(20,21)3/h16-21,24H,1,5-14H2,2-4H3/t16-,17+,18-,19-,20-,21+,22-,23-/m1/s1. The zero-order chi connectivity index (χ0) is 17.8. The van der Waals surface area contributed by atoms with Crippen LogP contribution in [-0.2, 0) is 4.74 Å². The molecule has 0 spiro atoms. The monoisotopic (exact) mass is 346 g/mol. The zero-order valence-electron chi connectivity index (χ0n) is 16.6. The fraction of sp³-hybridized carbons (Fsp3) is 0.913. The van der Waals surface area contributed by atoms with Gasteiger partial charge in [0.25, 0.3) is 0 Å². The van der Waals surface area contributed by atoms with E-state index in [1.54, 1.807) is 7.11 Å². The van der Waals surface area contributed by atoms with Crippen molar-refractivity contribution in [2.75, 3.05) is 13.7 Å². The lowest BCUT2D eigenvalue weighted by Crippen LogP contribution is -2.51. The summed E-state index contributed by atoms with van der Waals surface area (Å²) in [6.07, 6.45) is 11.5. The van der Waals surface area contributed by atoms with E-state index < -0.39 is 5.60 Å². The van der Waals surface area contributed by atoms with Gasteiger partial charge in [0.2, 0.25) is 0 Å². The van der Waals surface area contributed by atoms with Crippen molar-refractivity contribution in [2.45, 2.75) is 77.2 Å². The van der Waals surface area contributed by atoms with Crippen LogP contribution in [0.15, 0.2) is 12.2 Å². The molecular weight excluding hydrogens is 308 g/mol. The van der Waals surface area contributed by atoms with Crippen LogP contribution in [-0.4, -0.2) is 24.4 Å². The molecule has 0 amide bonds. The Morgan fingerprint density at radius 2 is 1.80 bits per heavy atom. The molecule has 1 N–H and O–H groups in total. The van der Waals surface area contributed by atoms with E-state index in [2.05, 4.69) is 20.4 Å². The fourth-order valence-electron chi connectivity index (χ4n) is 8.17. The molecule has 0 aromatic rings. The molecule has 0 radical (unpaired) electrons. The minimum atomic E-state index is -0.551. The molecule has 0 saturated heterocycles. The number of fused-ring (bicyclic) bond motifs is 5. The van der Waals surface area contributed by atoms with E-state index in [-0.39, 0.29) is 0 Å². The summed E-state index contributed by atoms with van der Waals surface area (Å²) in [4.78, 5) is 0. The van der Waals surface area contributed by atoms with Crippen molar-refractivity contribution < 1.29 is 9.84 Å². The molecule has 2 heteroatoms. The first-order chi connectivity index (χ1) is 11.9. The van der Waals surface area contributed by atoms with Crippen molar-refractivity contribution in [3.8, 4) is 0 Å². The Morgan fingerprint density at radius 1 is 1.04 bits per heavy atom. The molecule has 8 atom stereocenters. The van der Waals surface area contributed by atoms with Crippen molar-refractivity contribution in [3.63, 3.8) is 0 Å². The van der Waals surface area contributed by atoms with E-state index in [9.17, 15) is 5.11 Å². The third-order valence-corrected chi connectivity index (χ3v) is 9.11. The lowest BCUT2D eigenvalue weighted by Gasteiger charge is -2.57. The average Bonchev–Trinajstić information content (AvgIpc) is 2.91. The Hall–Kier alpha value is -0.340. The number of ether oxygens (including phenoxy) is 1. The highest BCUT2D eigenvalue weighted by Gasteiger charge is 2.57. The first-order valence-corrected chi connectivity index (χ1v) is 10.7. The maximum absolute atomic E-state index is 10.9. The molecule has 4 fully saturated rings. The Bertz CT molecular complexity index is 528. The van der Waals surface area contributed by atoms with Crippen molar-refractivity contribution in [3.05, 3.63) is 12.2 Å². The van der Waals surface area contributed by atoms with Crippen LogP contribution in [0.5, 0.6) is 0 Å². The van der Waals surface area contributed by atoms with Gasteiger partial charge in [0.05, 0.1) is 12.2 Å². The van der Waals surface area contributed by atoms with E-state index >= 15 is 0 Å². The highest BCUT2D eigenvalue weighted by molar-refractivity contribution is 5.14. The summed E-state index contributed by atoms with van der Waals surface area (Å²) in [5.41, 5.74) is 1.40. The van der Waals surface area contributed by atoms with Gasteiger partial charge in [-0.1, -0.05) is 19.1 Å². The summed E-state index contributed by atoms with van der Waals surface area (Å²) in [5.74, 6) is 5.15. The Labute approximate surface area is 154 Å². The molecule has 4 saturated carbocycles. The molecule has 142 valence electrons. The first-order valence-electron chi connectivity index (χ1n) is 10.7. The number of allylic oxidation sites excluding steroid dienone is 1. The van der Waals surface area contributed by atoms with Crippen molar-refractivity contribution in [1.82, 2.24) is 0 Å². The third kappa shape index (κ3) is 2.83. The molecule has 0 aromatic heterocycles. The molecule has 0 heterocycles. The highest BCUT2D eigenvalue weighted by Crippen LogP contribution is 2.65. The largest absolute Gasteiger partial charge is 0.387 e. The number of hydrogen-bond donors (Lipinski definition) is 1. The predicted octanol–water partition coefficient (Wildman–Crippen LogP) is 5.21. The van der Waals surface area contributed by atoms with Gasteiger partial charge in [-0.15, -0.1) is 0 Å². The van der Waals surface area contributed by atoms with Gasteiger partial charge in [0.1, 0.15) is 0 Å². The van der Waals surface area contributed by atoms with Crippen LogP contribution >= 0.6 is 0 Å². The van der Waals surface area contributed by atoms with Crippen molar-refractivity contribution in [2.24, 2.45) is 40.9 Å². The normalized spacial score (nSPS) is 52.2. The molecule has 0 aromatic carbocycles. The Balaban J connectivity index is 1.51. The van der Waals surface area contributed by atoms with E-state index in [0.29, 0.717) is 12.0 Å². The van der Waals surface area contributed by atoms with Crippen LogP contribution in [0.1, 0.15) is 71.6 Å². The van der Waals surface area contributed by atoms with Crippen LogP contribution < -0.4 is 0 Å². The van der Waals surface area contributed by atoms with Crippen LogP contribution in [0.3, 0.4) is 0 Å². The van der Waals surface area contributed by atoms with Gasteiger partial charge in [-0.25, -0.2) is 0 Å². The van der Waals surface area contributed by atoms with Gasteiger partial charge >= 0.3 is 0 Å². The van der Waals surface area contributed by atoms with Gasteiger partial charge in [0.15, 0.2) is 0 Å². The maximum atomic E-state index is 10.9. The second kappa shape index (κ2) is 6.37. The fourth-order valence-corrected chi connectivity index (χ4v) is 8.17. The summed E-state index contributed by atoms with van der Waals surface area (Å²) in [7, 11) is 1.72. The SMILES string of the molecule is C=C(C)[C@H]1CC[C@H]2[C@@H]3CC[C@@H]4C[C@@](O)(COC)CC[C@@H]4[C@H]3CC[C@]12C.